The van der Waals surface area contributed by atoms with E-state index in [0.29, 0.717) is 5.56 Å². The molecule has 0 bridgehead atoms. The fourth-order valence-electron chi connectivity index (χ4n) is 2.15. The second kappa shape index (κ2) is 5.25. The first-order valence-electron chi connectivity index (χ1n) is 5.82. The number of aromatic nitrogens is 2. The molecule has 1 saturated heterocycles. The zero-order valence-corrected chi connectivity index (χ0v) is 10.7. The molecule has 8 heteroatoms. The van der Waals surface area contributed by atoms with E-state index in [1.54, 1.807) is 6.92 Å². The van der Waals surface area contributed by atoms with Crippen LogP contribution in [0.4, 0.5) is 5.82 Å². The minimum Gasteiger partial charge on any atom is -0.394 e. The van der Waals surface area contributed by atoms with Crippen molar-refractivity contribution in [1.29, 1.82) is 0 Å². The molecule has 2 rings (SSSR count). The van der Waals surface area contributed by atoms with Crippen LogP contribution in [0.3, 0.4) is 0 Å². The van der Waals surface area contributed by atoms with E-state index in [4.69, 9.17) is 15.2 Å². The Labute approximate surface area is 109 Å². The topological polar surface area (TPSA) is 120 Å². The van der Waals surface area contributed by atoms with Gasteiger partial charge in [0.15, 0.2) is 6.23 Å². The number of rotatable bonds is 3. The summed E-state index contributed by atoms with van der Waals surface area (Å²) in [5.74, 6) is 0.135. The molecule has 4 N–H and O–H groups in total. The smallest absolute Gasteiger partial charge is 0.351 e. The van der Waals surface area contributed by atoms with E-state index >= 15 is 0 Å². The van der Waals surface area contributed by atoms with Crippen molar-refractivity contribution in [1.82, 2.24) is 9.55 Å². The van der Waals surface area contributed by atoms with Crippen LogP contribution in [0, 0.1) is 6.92 Å². The zero-order chi connectivity index (χ0) is 14.2. The second-order valence-corrected chi connectivity index (χ2v) is 4.44. The van der Waals surface area contributed by atoms with E-state index in [1.165, 1.54) is 13.3 Å². The van der Waals surface area contributed by atoms with Crippen molar-refractivity contribution in [2.24, 2.45) is 0 Å². The summed E-state index contributed by atoms with van der Waals surface area (Å²) in [6, 6.07) is 0. The van der Waals surface area contributed by atoms with E-state index in [1.807, 2.05) is 0 Å². The number of anilines is 1. The highest BCUT2D eigenvalue weighted by Gasteiger charge is 2.45. The van der Waals surface area contributed by atoms with Gasteiger partial charge in [0.05, 0.1) is 6.61 Å². The van der Waals surface area contributed by atoms with Crippen LogP contribution in [-0.4, -0.2) is 51.8 Å². The lowest BCUT2D eigenvalue weighted by Crippen LogP contribution is -2.37. The maximum atomic E-state index is 11.8. The van der Waals surface area contributed by atoms with Crippen molar-refractivity contribution in [3.63, 3.8) is 0 Å². The second-order valence-electron chi connectivity index (χ2n) is 4.44. The van der Waals surface area contributed by atoms with Gasteiger partial charge in [0, 0.05) is 18.9 Å². The molecule has 0 amide bonds. The molecule has 19 heavy (non-hydrogen) atoms. The van der Waals surface area contributed by atoms with Crippen LogP contribution in [0.2, 0.25) is 0 Å². The van der Waals surface area contributed by atoms with Crippen LogP contribution < -0.4 is 11.4 Å². The molecule has 0 saturated carbocycles. The van der Waals surface area contributed by atoms with Crippen LogP contribution in [-0.2, 0) is 9.47 Å². The Morgan fingerprint density at radius 3 is 2.84 bits per heavy atom. The molecule has 0 radical (unpaired) electrons. The Kier molecular flexibility index (Phi) is 3.85. The SMILES string of the molecule is CO[C@@H]1C(O)[C@H](n2cc(C)c(N)nc2=O)O[C@@H]1CO. The number of aliphatic hydroxyl groups excluding tert-OH is 2. The highest BCUT2D eigenvalue weighted by molar-refractivity contribution is 5.35. The summed E-state index contributed by atoms with van der Waals surface area (Å²) >= 11 is 0. The van der Waals surface area contributed by atoms with Crippen molar-refractivity contribution >= 4 is 5.82 Å². The quantitative estimate of drug-likeness (QED) is 0.605. The van der Waals surface area contributed by atoms with Gasteiger partial charge in [-0.1, -0.05) is 0 Å². The lowest BCUT2D eigenvalue weighted by Gasteiger charge is -2.18. The van der Waals surface area contributed by atoms with Gasteiger partial charge in [-0.25, -0.2) is 4.79 Å². The number of hydrogen-bond acceptors (Lipinski definition) is 7. The average Bonchev–Trinajstić information content (AvgIpc) is 2.70. The zero-order valence-electron chi connectivity index (χ0n) is 10.7. The number of nitrogen functional groups attached to an aromatic ring is 1. The van der Waals surface area contributed by atoms with Gasteiger partial charge in [0.25, 0.3) is 0 Å². The summed E-state index contributed by atoms with van der Waals surface area (Å²) in [6.07, 6.45) is -1.98. The Morgan fingerprint density at radius 1 is 1.63 bits per heavy atom. The van der Waals surface area contributed by atoms with Crippen LogP contribution >= 0.6 is 0 Å². The molecule has 1 aromatic heterocycles. The molecule has 1 fully saturated rings. The first-order valence-corrected chi connectivity index (χ1v) is 5.82. The van der Waals surface area contributed by atoms with Crippen LogP contribution in [0.15, 0.2) is 11.0 Å². The monoisotopic (exact) mass is 271 g/mol. The fourth-order valence-corrected chi connectivity index (χ4v) is 2.15. The summed E-state index contributed by atoms with van der Waals surface area (Å²) in [6.45, 7) is 1.37. The molecule has 1 unspecified atom stereocenters. The van der Waals surface area contributed by atoms with Gasteiger partial charge in [0.1, 0.15) is 24.1 Å². The molecule has 1 aliphatic heterocycles. The van der Waals surface area contributed by atoms with Crippen LogP contribution in [0.25, 0.3) is 0 Å². The highest BCUT2D eigenvalue weighted by Crippen LogP contribution is 2.30. The predicted octanol–water partition coefficient (Wildman–Crippen LogP) is -1.60. The van der Waals surface area contributed by atoms with E-state index < -0.39 is 30.2 Å². The maximum absolute atomic E-state index is 11.8. The summed E-state index contributed by atoms with van der Waals surface area (Å²) in [5, 5.41) is 19.3. The molecule has 4 atom stereocenters. The van der Waals surface area contributed by atoms with Crippen molar-refractivity contribution in [3.05, 3.63) is 22.2 Å². The van der Waals surface area contributed by atoms with Crippen molar-refractivity contribution < 1.29 is 19.7 Å². The summed E-state index contributed by atoms with van der Waals surface area (Å²) in [7, 11) is 1.40. The number of methoxy groups -OCH3 is 1. The summed E-state index contributed by atoms with van der Waals surface area (Å²) < 4.78 is 11.7. The highest BCUT2D eigenvalue weighted by atomic mass is 16.6. The molecule has 2 heterocycles. The molecule has 106 valence electrons. The first kappa shape index (κ1) is 13.9. The third-order valence-electron chi connectivity index (χ3n) is 3.21. The maximum Gasteiger partial charge on any atom is 0.351 e. The van der Waals surface area contributed by atoms with Gasteiger partial charge < -0.3 is 25.4 Å². The minimum atomic E-state index is -1.08. The van der Waals surface area contributed by atoms with Gasteiger partial charge >= 0.3 is 5.69 Å². The Balaban J connectivity index is 2.38. The van der Waals surface area contributed by atoms with Crippen LogP contribution in [0.1, 0.15) is 11.8 Å². The summed E-state index contributed by atoms with van der Waals surface area (Å²) in [4.78, 5) is 15.4. The Bertz CT molecular complexity index is 518. The molecule has 8 nitrogen and oxygen atoms in total. The van der Waals surface area contributed by atoms with E-state index in [2.05, 4.69) is 4.98 Å². The largest absolute Gasteiger partial charge is 0.394 e. The molecule has 0 aromatic carbocycles. The number of nitrogens with zero attached hydrogens (tertiary/aromatic N) is 2. The lowest BCUT2D eigenvalue weighted by molar-refractivity contribution is -0.0569. The third kappa shape index (κ3) is 2.35. The average molecular weight is 271 g/mol. The van der Waals surface area contributed by atoms with Gasteiger partial charge in [-0.15, -0.1) is 0 Å². The fraction of sp³-hybridized carbons (Fsp3) is 0.636. The standard InChI is InChI=1S/C11H17N3O5/c1-5-3-14(11(17)13-9(5)12)10-7(16)8(18-2)6(4-15)19-10/h3,6-8,10,15-16H,4H2,1-2H3,(H2,12,13,17)/t6-,7?,8+,10-/m1/s1. The number of aryl methyl sites for hydroxylation is 1. The predicted molar refractivity (Wildman–Crippen MR) is 65.4 cm³/mol. The normalized spacial score (nSPS) is 30.7. The van der Waals surface area contributed by atoms with Crippen molar-refractivity contribution in [3.8, 4) is 0 Å². The molecule has 1 aliphatic rings. The van der Waals surface area contributed by atoms with Gasteiger partial charge in [-0.2, -0.15) is 4.98 Å². The molecule has 1 aromatic rings. The third-order valence-corrected chi connectivity index (χ3v) is 3.21. The number of nitrogens with two attached hydrogens (primary N) is 1. The van der Waals surface area contributed by atoms with E-state index in [9.17, 15) is 15.0 Å². The first-order chi connectivity index (χ1) is 8.99. The molecular formula is C11H17N3O5. The number of hydrogen-bond donors (Lipinski definition) is 3. The van der Waals surface area contributed by atoms with Gasteiger partial charge in [-0.05, 0) is 6.92 Å². The minimum absolute atomic E-state index is 0.135. The summed E-state index contributed by atoms with van der Waals surface area (Å²) in [5.41, 5.74) is 5.51. The molecule has 0 aliphatic carbocycles. The number of ether oxygens (including phenoxy) is 2. The Hall–Kier alpha value is -1.48. The van der Waals surface area contributed by atoms with Gasteiger partial charge in [-0.3, -0.25) is 4.57 Å². The van der Waals surface area contributed by atoms with E-state index in [0.717, 1.165) is 4.57 Å². The van der Waals surface area contributed by atoms with E-state index in [-0.39, 0.29) is 12.4 Å². The van der Waals surface area contributed by atoms with Crippen LogP contribution in [0.5, 0.6) is 0 Å². The lowest BCUT2D eigenvalue weighted by atomic mass is 10.1. The molecular weight excluding hydrogens is 254 g/mol. The Morgan fingerprint density at radius 2 is 2.32 bits per heavy atom. The van der Waals surface area contributed by atoms with Crippen molar-refractivity contribution in [2.75, 3.05) is 19.5 Å². The van der Waals surface area contributed by atoms with Crippen molar-refractivity contribution in [2.45, 2.75) is 31.5 Å². The number of aliphatic hydroxyl groups is 2. The molecule has 0 spiro atoms. The van der Waals surface area contributed by atoms with Gasteiger partial charge in [0.2, 0.25) is 0 Å².